The van der Waals surface area contributed by atoms with Crippen molar-refractivity contribution < 1.29 is 14.4 Å². The van der Waals surface area contributed by atoms with E-state index < -0.39 is 11.4 Å². The van der Waals surface area contributed by atoms with Crippen molar-refractivity contribution in [3.05, 3.63) is 41.8 Å². The fourth-order valence-corrected chi connectivity index (χ4v) is 2.00. The second kappa shape index (κ2) is 5.81. The van der Waals surface area contributed by atoms with Gasteiger partial charge in [-0.3, -0.25) is 9.78 Å². The lowest BCUT2D eigenvalue weighted by Gasteiger charge is -2.19. The first-order valence-electron chi connectivity index (χ1n) is 6.37. The van der Waals surface area contributed by atoms with Gasteiger partial charge in [-0.05, 0) is 23.1 Å². The molecule has 2 aromatic heterocycles. The lowest BCUT2D eigenvalue weighted by molar-refractivity contribution is -0.139. The molecule has 2 rings (SSSR count). The van der Waals surface area contributed by atoms with Gasteiger partial charge in [0.05, 0.1) is 6.42 Å². The third-order valence-electron chi connectivity index (χ3n) is 2.88. The van der Waals surface area contributed by atoms with Crippen LogP contribution in [0.1, 0.15) is 37.5 Å². The third-order valence-corrected chi connectivity index (χ3v) is 2.88. The Morgan fingerprint density at radius 2 is 2.05 bits per heavy atom. The predicted molar refractivity (Wildman–Crippen MR) is 71.1 cm³/mol. The highest BCUT2D eigenvalue weighted by molar-refractivity contribution is 5.67. The van der Waals surface area contributed by atoms with E-state index in [4.69, 9.17) is 9.63 Å². The number of carboxylic acid groups (broad SMARTS) is 1. The molecule has 2 heterocycles. The molecule has 0 aliphatic rings. The quantitative estimate of drug-likeness (QED) is 0.868. The van der Waals surface area contributed by atoms with Gasteiger partial charge in [0.1, 0.15) is 0 Å². The van der Waals surface area contributed by atoms with Crippen LogP contribution in [-0.4, -0.2) is 26.2 Å². The first-order valence-corrected chi connectivity index (χ1v) is 6.37. The zero-order chi connectivity index (χ0) is 14.6. The second-order valence-electron chi connectivity index (χ2n) is 5.55. The summed E-state index contributed by atoms with van der Waals surface area (Å²) in [6.45, 7) is 3.74. The van der Waals surface area contributed by atoms with Crippen LogP contribution in [0.25, 0.3) is 0 Å². The molecule has 0 fully saturated rings. The minimum absolute atomic E-state index is 0.0646. The van der Waals surface area contributed by atoms with E-state index >= 15 is 0 Å². The summed E-state index contributed by atoms with van der Waals surface area (Å²) in [5.41, 5.74) is 0.642. The highest BCUT2D eigenvalue weighted by Crippen LogP contribution is 2.25. The molecule has 0 saturated carbocycles. The lowest BCUT2D eigenvalue weighted by Crippen LogP contribution is -2.19. The van der Waals surface area contributed by atoms with Crippen molar-refractivity contribution in [2.75, 3.05) is 0 Å². The summed E-state index contributed by atoms with van der Waals surface area (Å²) in [7, 11) is 0. The first-order chi connectivity index (χ1) is 9.44. The number of hydrogen-bond acceptors (Lipinski definition) is 5. The molecule has 0 bridgehead atoms. The molecule has 6 heteroatoms. The third kappa shape index (κ3) is 4.15. The van der Waals surface area contributed by atoms with E-state index in [0.29, 0.717) is 24.6 Å². The molecular formula is C14H17N3O3. The Balaban J connectivity index is 2.00. The van der Waals surface area contributed by atoms with Crippen LogP contribution in [-0.2, 0) is 17.6 Å². The van der Waals surface area contributed by atoms with Crippen molar-refractivity contribution in [3.8, 4) is 0 Å². The van der Waals surface area contributed by atoms with Gasteiger partial charge in [0.2, 0.25) is 5.89 Å². The molecule has 0 saturated heterocycles. The van der Waals surface area contributed by atoms with Gasteiger partial charge in [0, 0.05) is 25.2 Å². The summed E-state index contributed by atoms with van der Waals surface area (Å²) < 4.78 is 5.18. The first kappa shape index (κ1) is 14.2. The Labute approximate surface area is 116 Å². The topological polar surface area (TPSA) is 89.1 Å². The largest absolute Gasteiger partial charge is 0.481 e. The van der Waals surface area contributed by atoms with Crippen molar-refractivity contribution in [1.82, 2.24) is 15.1 Å². The van der Waals surface area contributed by atoms with Crippen LogP contribution >= 0.6 is 0 Å². The van der Waals surface area contributed by atoms with Gasteiger partial charge >= 0.3 is 5.97 Å². The van der Waals surface area contributed by atoms with E-state index in [2.05, 4.69) is 15.1 Å². The molecule has 6 nitrogen and oxygen atoms in total. The summed E-state index contributed by atoms with van der Waals surface area (Å²) in [5, 5.41) is 12.8. The van der Waals surface area contributed by atoms with E-state index in [1.807, 2.05) is 26.0 Å². The van der Waals surface area contributed by atoms with Gasteiger partial charge in [0.15, 0.2) is 5.82 Å². The summed E-state index contributed by atoms with van der Waals surface area (Å²) in [5.74, 6) is 0.240. The zero-order valence-corrected chi connectivity index (χ0v) is 11.5. The fraction of sp³-hybridized carbons (Fsp3) is 0.429. The van der Waals surface area contributed by atoms with Crippen LogP contribution in [0.5, 0.6) is 0 Å². The van der Waals surface area contributed by atoms with E-state index in [1.165, 1.54) is 0 Å². The minimum Gasteiger partial charge on any atom is -0.481 e. The normalized spacial score (nSPS) is 11.5. The Hall–Kier alpha value is -2.24. The lowest BCUT2D eigenvalue weighted by atomic mass is 9.86. The summed E-state index contributed by atoms with van der Waals surface area (Å²) >= 11 is 0. The molecule has 0 unspecified atom stereocenters. The number of pyridine rings is 1. The monoisotopic (exact) mass is 275 g/mol. The smallest absolute Gasteiger partial charge is 0.303 e. The molecule has 0 spiro atoms. The molecule has 0 amide bonds. The number of aliphatic carboxylic acids is 1. The van der Waals surface area contributed by atoms with Crippen molar-refractivity contribution in [2.24, 2.45) is 5.41 Å². The average molecular weight is 275 g/mol. The van der Waals surface area contributed by atoms with Crippen LogP contribution in [0.4, 0.5) is 0 Å². The summed E-state index contributed by atoms with van der Waals surface area (Å²) in [6.07, 6.45) is 4.52. The molecule has 106 valence electrons. The molecule has 0 radical (unpaired) electrons. The Bertz CT molecular complexity index is 578. The van der Waals surface area contributed by atoms with E-state index in [1.54, 1.807) is 12.4 Å². The van der Waals surface area contributed by atoms with Crippen molar-refractivity contribution in [3.63, 3.8) is 0 Å². The highest BCUT2D eigenvalue weighted by atomic mass is 16.5. The SMILES string of the molecule is CC(C)(CC(=O)O)Cc1nc(Cc2ccncc2)no1. The number of aromatic nitrogens is 3. The van der Waals surface area contributed by atoms with Crippen LogP contribution < -0.4 is 0 Å². The summed E-state index contributed by atoms with van der Waals surface area (Å²) in [4.78, 5) is 19.0. The predicted octanol–water partition coefficient (Wildman–Crippen LogP) is 2.10. The second-order valence-corrected chi connectivity index (χ2v) is 5.55. The average Bonchev–Trinajstić information content (AvgIpc) is 2.75. The van der Waals surface area contributed by atoms with Gasteiger partial charge in [-0.15, -0.1) is 0 Å². The fourth-order valence-electron chi connectivity index (χ4n) is 2.00. The maximum Gasteiger partial charge on any atom is 0.303 e. The molecule has 0 aliphatic heterocycles. The molecule has 0 atom stereocenters. The zero-order valence-electron chi connectivity index (χ0n) is 11.5. The Kier molecular flexibility index (Phi) is 4.12. The van der Waals surface area contributed by atoms with Gasteiger partial charge in [0.25, 0.3) is 0 Å². The number of nitrogens with zero attached hydrogens (tertiary/aromatic N) is 3. The van der Waals surface area contributed by atoms with Crippen molar-refractivity contribution in [1.29, 1.82) is 0 Å². The van der Waals surface area contributed by atoms with E-state index in [-0.39, 0.29) is 6.42 Å². The Morgan fingerprint density at radius 3 is 2.70 bits per heavy atom. The number of rotatable bonds is 6. The van der Waals surface area contributed by atoms with Crippen molar-refractivity contribution >= 4 is 5.97 Å². The molecule has 0 aliphatic carbocycles. The maximum absolute atomic E-state index is 10.8. The molecule has 0 aromatic carbocycles. The van der Waals surface area contributed by atoms with E-state index in [0.717, 1.165) is 5.56 Å². The van der Waals surface area contributed by atoms with Crippen LogP contribution in [0.2, 0.25) is 0 Å². The summed E-state index contributed by atoms with van der Waals surface area (Å²) in [6, 6.07) is 3.79. The van der Waals surface area contributed by atoms with Gasteiger partial charge < -0.3 is 9.63 Å². The van der Waals surface area contributed by atoms with Crippen LogP contribution in [0, 0.1) is 5.41 Å². The highest BCUT2D eigenvalue weighted by Gasteiger charge is 2.25. The number of hydrogen-bond donors (Lipinski definition) is 1. The van der Waals surface area contributed by atoms with Gasteiger partial charge in [-0.1, -0.05) is 19.0 Å². The van der Waals surface area contributed by atoms with Gasteiger partial charge in [-0.2, -0.15) is 4.98 Å². The molecule has 2 aromatic rings. The van der Waals surface area contributed by atoms with Crippen molar-refractivity contribution in [2.45, 2.75) is 33.1 Å². The molecular weight excluding hydrogens is 258 g/mol. The van der Waals surface area contributed by atoms with Crippen LogP contribution in [0.3, 0.4) is 0 Å². The van der Waals surface area contributed by atoms with E-state index in [9.17, 15) is 4.79 Å². The number of carboxylic acids is 1. The molecule has 20 heavy (non-hydrogen) atoms. The van der Waals surface area contributed by atoms with Crippen LogP contribution in [0.15, 0.2) is 29.0 Å². The van der Waals surface area contributed by atoms with Gasteiger partial charge in [-0.25, -0.2) is 0 Å². The molecule has 1 N–H and O–H groups in total. The maximum atomic E-state index is 10.8. The standard InChI is InChI=1S/C14H17N3O3/c1-14(2,9-13(18)19)8-12-16-11(17-20-12)7-10-3-5-15-6-4-10/h3-6H,7-9H2,1-2H3,(H,18,19). The minimum atomic E-state index is -0.827. The Morgan fingerprint density at radius 1 is 1.35 bits per heavy atom. The number of carbonyl (C=O) groups is 1.